The van der Waals surface area contributed by atoms with E-state index in [1.165, 1.54) is 0 Å². The van der Waals surface area contributed by atoms with Crippen molar-refractivity contribution in [2.75, 3.05) is 0 Å². The summed E-state index contributed by atoms with van der Waals surface area (Å²) in [5.41, 5.74) is 6.30. The summed E-state index contributed by atoms with van der Waals surface area (Å²) >= 11 is 0. The Balaban J connectivity index is 1.32. The molecule has 0 unspecified atom stereocenters. The highest BCUT2D eigenvalue weighted by atomic mass is 28.4. The molecule has 0 amide bonds. The fourth-order valence-corrected chi connectivity index (χ4v) is 6.69. The maximum Gasteiger partial charge on any atom is 0.250 e. The van der Waals surface area contributed by atoms with Gasteiger partial charge in [-0.3, -0.25) is 0 Å². The van der Waals surface area contributed by atoms with E-state index in [4.69, 9.17) is 23.4 Å². The van der Waals surface area contributed by atoms with E-state index in [2.05, 4.69) is 101 Å². The van der Waals surface area contributed by atoms with Gasteiger partial charge in [-0.05, 0) is 58.9 Å². The van der Waals surface area contributed by atoms with E-state index in [1.54, 1.807) is 0 Å². The lowest BCUT2D eigenvalue weighted by atomic mass is 10.1. The second-order valence-corrected chi connectivity index (χ2v) is 19.9. The minimum absolute atomic E-state index is 0.0125. The van der Waals surface area contributed by atoms with Crippen LogP contribution in [0.5, 0.6) is 28.7 Å². The molecule has 6 aromatic carbocycles. The Morgan fingerprint density at radius 1 is 0.473 bits per heavy atom. The lowest BCUT2D eigenvalue weighted by Crippen LogP contribution is -2.44. The highest BCUT2D eigenvalue weighted by Crippen LogP contribution is 2.42. The van der Waals surface area contributed by atoms with Crippen molar-refractivity contribution in [3.63, 3.8) is 0 Å². The van der Waals surface area contributed by atoms with Crippen LogP contribution in [0.3, 0.4) is 0 Å². The molecule has 0 aromatic heterocycles. The van der Waals surface area contributed by atoms with Gasteiger partial charge >= 0.3 is 0 Å². The molecule has 0 aliphatic rings. The number of benzene rings is 6. The van der Waals surface area contributed by atoms with E-state index in [0.717, 1.165) is 56.4 Å². The van der Waals surface area contributed by atoms with Crippen molar-refractivity contribution >= 4 is 14.4 Å². The lowest BCUT2D eigenvalue weighted by molar-refractivity contribution is 0.286. The molecule has 6 heteroatoms. The molecule has 0 fully saturated rings. The summed E-state index contributed by atoms with van der Waals surface area (Å²) in [5, 5.41) is -0.0125. The second-order valence-electron chi connectivity index (χ2n) is 15.2. The van der Waals surface area contributed by atoms with Gasteiger partial charge in [0.05, 0.1) is 0 Å². The molecule has 0 saturated heterocycles. The van der Waals surface area contributed by atoms with E-state index in [0.29, 0.717) is 38.6 Å². The monoisotopic (exact) mass is 748 g/mol. The Hall–Kier alpha value is -5.72. The molecule has 0 spiro atoms. The van der Waals surface area contributed by atoms with Gasteiger partial charge in [0.1, 0.15) is 55.2 Å². The van der Waals surface area contributed by atoms with E-state index in [1.807, 2.05) is 97.1 Å². The maximum absolute atomic E-state index is 7.08. The lowest BCUT2D eigenvalue weighted by Gasteiger charge is -2.37. The number of hydrogen-bond donors (Lipinski definition) is 0. The van der Waals surface area contributed by atoms with Gasteiger partial charge in [-0.25, -0.2) is 0 Å². The molecule has 6 rings (SSSR count). The van der Waals surface area contributed by atoms with Crippen molar-refractivity contribution in [3.8, 4) is 28.7 Å². The Morgan fingerprint density at radius 3 is 1.38 bits per heavy atom. The van der Waals surface area contributed by atoms with Crippen LogP contribution in [0, 0.1) is 0 Å². The molecule has 5 nitrogen and oxygen atoms in total. The van der Waals surface area contributed by atoms with Crippen LogP contribution in [0.4, 0.5) is 0 Å². The molecule has 0 saturated carbocycles. The molecule has 55 heavy (non-hydrogen) atoms. The molecule has 0 N–H and O–H groups in total. The minimum atomic E-state index is -2.26. The Labute approximate surface area is 328 Å². The summed E-state index contributed by atoms with van der Waals surface area (Å²) < 4.78 is 32.8. The largest absolute Gasteiger partial charge is 0.543 e. The van der Waals surface area contributed by atoms with Gasteiger partial charge in [0, 0.05) is 29.3 Å². The van der Waals surface area contributed by atoms with E-state index in [-0.39, 0.29) is 5.04 Å². The molecule has 0 heterocycles. The number of ether oxygens (including phenoxy) is 4. The minimum Gasteiger partial charge on any atom is -0.543 e. The maximum atomic E-state index is 7.08. The zero-order chi connectivity index (χ0) is 38.5. The van der Waals surface area contributed by atoms with Gasteiger partial charge < -0.3 is 23.4 Å². The molecule has 6 aromatic rings. The van der Waals surface area contributed by atoms with Crippen LogP contribution in [0.15, 0.2) is 158 Å². The van der Waals surface area contributed by atoms with Gasteiger partial charge in [0.25, 0.3) is 0 Å². The third kappa shape index (κ3) is 11.4. The summed E-state index contributed by atoms with van der Waals surface area (Å²) in [7, 11) is -2.26. The van der Waals surface area contributed by atoms with Crippen molar-refractivity contribution in [2.45, 2.75) is 71.8 Å². The zero-order valence-electron chi connectivity index (χ0n) is 32.7. The number of hydrogen-bond acceptors (Lipinski definition) is 5. The highest BCUT2D eigenvalue weighted by Gasteiger charge is 2.39. The first kappa shape index (κ1) is 39.0. The molecular formula is C49H52O5Si. The van der Waals surface area contributed by atoms with Crippen molar-refractivity contribution in [3.05, 3.63) is 191 Å². The first-order valence-corrected chi connectivity index (χ1v) is 21.9. The summed E-state index contributed by atoms with van der Waals surface area (Å²) in [6.07, 6.45) is 4.83. The zero-order valence-corrected chi connectivity index (χ0v) is 33.7. The Morgan fingerprint density at radius 2 is 0.891 bits per heavy atom. The van der Waals surface area contributed by atoms with Crippen LogP contribution in [0.25, 0.3) is 6.08 Å². The SMILES string of the molecule is CC(C)(C)[Si](C)(C)Oc1cc(OCc2ccccc2)cc(OCc2ccccc2)c1C/C=C/c1ccc(OCc2ccccc2)cc1OCc1ccccc1. The molecular weight excluding hydrogens is 697 g/mol. The van der Waals surface area contributed by atoms with Crippen LogP contribution in [-0.2, 0) is 32.8 Å². The van der Waals surface area contributed by atoms with Crippen LogP contribution in [0.1, 0.15) is 54.2 Å². The predicted molar refractivity (Wildman–Crippen MR) is 227 cm³/mol. The molecule has 0 atom stereocenters. The summed E-state index contributed by atoms with van der Waals surface area (Å²) in [5.74, 6) is 3.72. The fraction of sp³-hybridized carbons (Fsp3) is 0.224. The first-order chi connectivity index (χ1) is 26.6. The molecule has 282 valence electrons. The molecule has 0 radical (unpaired) electrons. The Kier molecular flexibility index (Phi) is 13.1. The second kappa shape index (κ2) is 18.5. The van der Waals surface area contributed by atoms with Gasteiger partial charge in [-0.1, -0.05) is 154 Å². The van der Waals surface area contributed by atoms with Gasteiger partial charge in [0.2, 0.25) is 8.32 Å². The number of allylic oxidation sites excluding steroid dienone is 1. The van der Waals surface area contributed by atoms with Crippen molar-refractivity contribution < 1.29 is 23.4 Å². The van der Waals surface area contributed by atoms with Gasteiger partial charge in [-0.2, -0.15) is 0 Å². The normalized spacial score (nSPS) is 11.7. The summed E-state index contributed by atoms with van der Waals surface area (Å²) in [6, 6.07) is 50.9. The molecule has 0 bridgehead atoms. The average Bonchev–Trinajstić information content (AvgIpc) is 3.20. The topological polar surface area (TPSA) is 46.2 Å². The van der Waals surface area contributed by atoms with Crippen LogP contribution in [0.2, 0.25) is 18.1 Å². The summed E-state index contributed by atoms with van der Waals surface area (Å²) in [6.45, 7) is 13.1. The third-order valence-corrected chi connectivity index (χ3v) is 14.2. The van der Waals surface area contributed by atoms with Gasteiger partial charge in [0.15, 0.2) is 0 Å². The molecule has 0 aliphatic heterocycles. The quantitative estimate of drug-likeness (QED) is 0.0869. The highest BCUT2D eigenvalue weighted by molar-refractivity contribution is 6.74. The predicted octanol–water partition coefficient (Wildman–Crippen LogP) is 12.6. The van der Waals surface area contributed by atoms with E-state index in [9.17, 15) is 0 Å². The summed E-state index contributed by atoms with van der Waals surface area (Å²) in [4.78, 5) is 0. The fourth-order valence-electron chi connectivity index (χ4n) is 5.65. The van der Waals surface area contributed by atoms with E-state index >= 15 is 0 Å². The third-order valence-electron chi connectivity index (χ3n) is 9.89. The van der Waals surface area contributed by atoms with Crippen molar-refractivity contribution in [2.24, 2.45) is 0 Å². The Bertz CT molecular complexity index is 2110. The average molecular weight is 749 g/mol. The standard InChI is InChI=1S/C49H52O5Si/c1-49(2,3)55(4,5)54-48-33-44(51-35-39-21-12-7-13-22-39)32-47(53-37-41-25-16-9-17-26-41)45(48)28-18-27-42-29-30-43(50-34-38-19-10-6-11-20-38)31-46(42)52-36-40-23-14-8-15-24-40/h6-27,29-33H,28,34-37H2,1-5H3/b27-18+. The molecule has 0 aliphatic carbocycles. The smallest absolute Gasteiger partial charge is 0.250 e. The van der Waals surface area contributed by atoms with Crippen molar-refractivity contribution in [1.82, 2.24) is 0 Å². The van der Waals surface area contributed by atoms with E-state index < -0.39 is 8.32 Å². The number of rotatable bonds is 17. The van der Waals surface area contributed by atoms with Crippen molar-refractivity contribution in [1.29, 1.82) is 0 Å². The first-order valence-electron chi connectivity index (χ1n) is 19.0. The van der Waals surface area contributed by atoms with Crippen LogP contribution >= 0.6 is 0 Å². The van der Waals surface area contributed by atoms with Gasteiger partial charge in [-0.15, -0.1) is 0 Å². The van der Waals surface area contributed by atoms with Crippen LogP contribution < -0.4 is 23.4 Å². The van der Waals surface area contributed by atoms with Crippen LogP contribution in [-0.4, -0.2) is 8.32 Å².